The lowest BCUT2D eigenvalue weighted by Crippen LogP contribution is -2.34. The van der Waals surface area contributed by atoms with Crippen LogP contribution in [0.4, 0.5) is 0 Å². The number of carbonyl (C=O) groups is 3. The molecule has 0 radical (unpaired) electrons. The standard InChI is InChI=1S/C15H13BrN2O5/c1-18-8-2-3-11(18)15(21)17-13(19)9-22-14(20)7-5-10-4-6-12(16)23-10/h2-8H,9H2,1H3,(H,17,19,21)/b7-5+. The zero-order chi connectivity index (χ0) is 16.8. The lowest BCUT2D eigenvalue weighted by Gasteiger charge is -2.05. The Balaban J connectivity index is 1.78. The van der Waals surface area contributed by atoms with Gasteiger partial charge < -0.3 is 13.7 Å². The van der Waals surface area contributed by atoms with Crippen LogP contribution >= 0.6 is 15.9 Å². The van der Waals surface area contributed by atoms with Crippen molar-refractivity contribution in [2.45, 2.75) is 0 Å². The Hall–Kier alpha value is -2.61. The van der Waals surface area contributed by atoms with E-state index in [4.69, 9.17) is 9.15 Å². The molecule has 0 bridgehead atoms. The minimum atomic E-state index is -0.723. The normalized spacial score (nSPS) is 10.7. The van der Waals surface area contributed by atoms with Gasteiger partial charge in [0.05, 0.1) is 0 Å². The summed E-state index contributed by atoms with van der Waals surface area (Å²) in [6.07, 6.45) is 4.20. The van der Waals surface area contributed by atoms with Gasteiger partial charge in [0.2, 0.25) is 0 Å². The van der Waals surface area contributed by atoms with Crippen LogP contribution in [0, 0.1) is 0 Å². The molecule has 7 nitrogen and oxygen atoms in total. The molecule has 0 aliphatic carbocycles. The summed E-state index contributed by atoms with van der Waals surface area (Å²) in [7, 11) is 1.68. The van der Waals surface area contributed by atoms with Crippen LogP contribution in [0.2, 0.25) is 0 Å². The number of aromatic nitrogens is 1. The molecule has 2 aromatic rings. The number of halogens is 1. The fourth-order valence-electron chi connectivity index (χ4n) is 1.68. The summed E-state index contributed by atoms with van der Waals surface area (Å²) in [5.74, 6) is -1.54. The van der Waals surface area contributed by atoms with E-state index >= 15 is 0 Å². The maximum Gasteiger partial charge on any atom is 0.331 e. The van der Waals surface area contributed by atoms with Crippen molar-refractivity contribution >= 4 is 39.8 Å². The highest BCUT2D eigenvalue weighted by atomic mass is 79.9. The molecule has 8 heteroatoms. The minimum absolute atomic E-state index is 0.327. The highest BCUT2D eigenvalue weighted by Gasteiger charge is 2.13. The van der Waals surface area contributed by atoms with E-state index in [2.05, 4.69) is 21.2 Å². The zero-order valence-corrected chi connectivity index (χ0v) is 13.7. The highest BCUT2D eigenvalue weighted by molar-refractivity contribution is 9.10. The van der Waals surface area contributed by atoms with Crippen LogP contribution < -0.4 is 5.32 Å². The smallest absolute Gasteiger partial charge is 0.331 e. The predicted molar refractivity (Wildman–Crippen MR) is 84.3 cm³/mol. The molecular formula is C15H13BrN2O5. The van der Waals surface area contributed by atoms with E-state index in [1.165, 1.54) is 6.08 Å². The minimum Gasteiger partial charge on any atom is -0.452 e. The van der Waals surface area contributed by atoms with E-state index in [-0.39, 0.29) is 0 Å². The number of carbonyl (C=O) groups excluding carboxylic acids is 3. The van der Waals surface area contributed by atoms with Crippen molar-refractivity contribution in [2.24, 2.45) is 7.05 Å². The number of aryl methyl sites for hydroxylation is 1. The number of hydrogen-bond acceptors (Lipinski definition) is 5. The first kappa shape index (κ1) is 16.8. The van der Waals surface area contributed by atoms with Crippen LogP contribution in [0.1, 0.15) is 16.2 Å². The molecule has 0 aromatic carbocycles. The van der Waals surface area contributed by atoms with Gasteiger partial charge in [-0.2, -0.15) is 0 Å². The maximum atomic E-state index is 11.8. The summed E-state index contributed by atoms with van der Waals surface area (Å²) in [6, 6.07) is 6.57. The van der Waals surface area contributed by atoms with Crippen LogP contribution in [-0.2, 0) is 21.4 Å². The molecule has 0 atom stereocenters. The van der Waals surface area contributed by atoms with Gasteiger partial charge in [-0.15, -0.1) is 0 Å². The van der Waals surface area contributed by atoms with Crippen LogP contribution in [-0.4, -0.2) is 29.0 Å². The summed E-state index contributed by atoms with van der Waals surface area (Å²) in [6.45, 7) is -0.554. The molecular weight excluding hydrogens is 368 g/mol. The van der Waals surface area contributed by atoms with Crippen molar-refractivity contribution in [3.8, 4) is 0 Å². The third-order valence-corrected chi connectivity index (χ3v) is 3.18. The van der Waals surface area contributed by atoms with Gasteiger partial charge in [0.1, 0.15) is 11.5 Å². The Labute approximate surface area is 140 Å². The van der Waals surface area contributed by atoms with Gasteiger partial charge in [-0.25, -0.2) is 4.79 Å². The molecule has 0 aliphatic rings. The molecule has 0 spiro atoms. The van der Waals surface area contributed by atoms with Crippen molar-refractivity contribution in [3.05, 3.63) is 52.7 Å². The molecule has 2 rings (SSSR count). The van der Waals surface area contributed by atoms with E-state index in [0.29, 0.717) is 16.1 Å². The lowest BCUT2D eigenvalue weighted by molar-refractivity contribution is -0.143. The second-order valence-corrected chi connectivity index (χ2v) is 5.25. The van der Waals surface area contributed by atoms with Gasteiger partial charge in [0, 0.05) is 19.3 Å². The predicted octanol–water partition coefficient (Wildman–Crippen LogP) is 1.89. The molecule has 23 heavy (non-hydrogen) atoms. The van der Waals surface area contributed by atoms with Crippen molar-refractivity contribution in [2.75, 3.05) is 6.61 Å². The van der Waals surface area contributed by atoms with Crippen molar-refractivity contribution in [1.29, 1.82) is 0 Å². The SMILES string of the molecule is Cn1cccc1C(=O)NC(=O)COC(=O)/C=C/c1ccc(Br)o1. The second-order valence-electron chi connectivity index (χ2n) is 4.46. The van der Waals surface area contributed by atoms with Gasteiger partial charge in [-0.3, -0.25) is 14.9 Å². The van der Waals surface area contributed by atoms with Gasteiger partial charge >= 0.3 is 5.97 Å². The molecule has 1 N–H and O–H groups in total. The topological polar surface area (TPSA) is 90.5 Å². The monoisotopic (exact) mass is 380 g/mol. The second kappa shape index (κ2) is 7.59. The summed E-state index contributed by atoms with van der Waals surface area (Å²) < 4.78 is 12.0. The van der Waals surface area contributed by atoms with E-state index in [9.17, 15) is 14.4 Å². The third-order valence-electron chi connectivity index (χ3n) is 2.75. The highest BCUT2D eigenvalue weighted by Crippen LogP contribution is 2.14. The average Bonchev–Trinajstić information content (AvgIpc) is 3.11. The van der Waals surface area contributed by atoms with Crippen molar-refractivity contribution in [3.63, 3.8) is 0 Å². The lowest BCUT2D eigenvalue weighted by atomic mass is 10.4. The molecule has 0 saturated heterocycles. The Morgan fingerprint density at radius 1 is 1.35 bits per heavy atom. The van der Waals surface area contributed by atoms with Gasteiger partial charge in [0.15, 0.2) is 11.3 Å². The van der Waals surface area contributed by atoms with Gasteiger partial charge in [-0.05, 0) is 46.3 Å². The first-order valence-corrected chi connectivity index (χ1v) is 7.30. The Morgan fingerprint density at radius 2 is 2.13 bits per heavy atom. The number of nitrogens with zero attached hydrogens (tertiary/aromatic N) is 1. The number of hydrogen-bond donors (Lipinski definition) is 1. The summed E-state index contributed by atoms with van der Waals surface area (Å²) in [5, 5.41) is 2.13. The van der Waals surface area contributed by atoms with Crippen LogP contribution in [0.5, 0.6) is 0 Å². The van der Waals surface area contributed by atoms with E-state index in [0.717, 1.165) is 6.08 Å². The summed E-state index contributed by atoms with van der Waals surface area (Å²) in [4.78, 5) is 34.8. The Kier molecular flexibility index (Phi) is 5.53. The molecule has 2 heterocycles. The number of rotatable bonds is 5. The molecule has 2 amide bonds. The van der Waals surface area contributed by atoms with Crippen LogP contribution in [0.15, 0.2) is 45.6 Å². The first-order valence-electron chi connectivity index (χ1n) is 6.51. The van der Waals surface area contributed by atoms with Gasteiger partial charge in [0.25, 0.3) is 11.8 Å². The summed E-state index contributed by atoms with van der Waals surface area (Å²) in [5.41, 5.74) is 0.327. The molecule has 0 aliphatic heterocycles. The van der Waals surface area contributed by atoms with E-state index < -0.39 is 24.4 Å². The number of imide groups is 1. The average molecular weight is 381 g/mol. The fraction of sp³-hybridized carbons (Fsp3) is 0.133. The fourth-order valence-corrected chi connectivity index (χ4v) is 2.00. The van der Waals surface area contributed by atoms with E-state index in [1.54, 1.807) is 42.1 Å². The number of ether oxygens (including phenoxy) is 1. The molecule has 2 aromatic heterocycles. The zero-order valence-electron chi connectivity index (χ0n) is 12.1. The van der Waals surface area contributed by atoms with Crippen molar-refractivity contribution < 1.29 is 23.5 Å². The van der Waals surface area contributed by atoms with Gasteiger partial charge in [-0.1, -0.05) is 0 Å². The maximum absolute atomic E-state index is 11.8. The largest absolute Gasteiger partial charge is 0.452 e. The molecule has 0 unspecified atom stereocenters. The Bertz CT molecular complexity index is 760. The number of furan rings is 1. The molecule has 0 saturated carbocycles. The number of esters is 1. The number of amides is 2. The Morgan fingerprint density at radius 3 is 2.74 bits per heavy atom. The molecule has 120 valence electrons. The number of nitrogens with one attached hydrogen (secondary N) is 1. The van der Waals surface area contributed by atoms with Crippen LogP contribution in [0.3, 0.4) is 0 Å². The molecule has 0 fully saturated rings. The van der Waals surface area contributed by atoms with E-state index in [1.807, 2.05) is 0 Å². The summed E-state index contributed by atoms with van der Waals surface area (Å²) >= 11 is 3.13. The quantitative estimate of drug-likeness (QED) is 0.631. The van der Waals surface area contributed by atoms with Crippen LogP contribution in [0.25, 0.3) is 6.08 Å². The first-order chi connectivity index (χ1) is 11.0. The van der Waals surface area contributed by atoms with Crippen molar-refractivity contribution in [1.82, 2.24) is 9.88 Å². The third kappa shape index (κ3) is 4.96.